The molecule has 2 nitrogen and oxygen atoms in total. The zero-order valence-corrected chi connectivity index (χ0v) is 14.2. The topological polar surface area (TPSA) is 25.8 Å². The normalized spacial score (nSPS) is 11.8. The first-order valence-corrected chi connectivity index (χ1v) is 14.2. The molecule has 0 radical (unpaired) electrons. The Balaban J connectivity index is 2.22. The van der Waals surface area contributed by atoms with Gasteiger partial charge in [0.15, 0.2) is 0 Å². The fraction of sp³-hybridized carbons (Fsp3) is 0.176. The number of nitrogens with zero attached hydrogens (tertiary/aromatic N) is 2. The second-order valence-corrected chi connectivity index (χ2v) is 16.7. The third kappa shape index (κ3) is 2.48. The van der Waals surface area contributed by atoms with Gasteiger partial charge in [0.1, 0.15) is 0 Å². The number of aromatic nitrogens is 2. The van der Waals surface area contributed by atoms with Crippen molar-refractivity contribution in [2.45, 2.75) is 17.3 Å². The molecule has 20 heavy (non-hydrogen) atoms. The van der Waals surface area contributed by atoms with E-state index in [1.165, 1.54) is 4.40 Å². The van der Waals surface area contributed by atoms with Crippen molar-refractivity contribution < 1.29 is 0 Å². The zero-order valence-electron chi connectivity index (χ0n) is 12.1. The molecule has 3 aromatic rings. The first kappa shape index (κ1) is 13.3. The molecule has 0 N–H and O–H groups in total. The molecule has 3 rings (SSSR count). The third-order valence-corrected chi connectivity index (χ3v) is 7.84. The molecule has 1 heterocycles. The van der Waals surface area contributed by atoms with Crippen LogP contribution in [0.15, 0.2) is 54.9 Å². The monoisotopic (exact) mass is 324 g/mol. The van der Waals surface area contributed by atoms with E-state index in [2.05, 4.69) is 57.6 Å². The first-order valence-electron chi connectivity index (χ1n) is 6.86. The Morgan fingerprint density at radius 1 is 0.850 bits per heavy atom. The van der Waals surface area contributed by atoms with E-state index in [0.717, 1.165) is 22.2 Å². The second kappa shape index (κ2) is 5.02. The van der Waals surface area contributed by atoms with Crippen LogP contribution in [-0.2, 0) is 0 Å². The molecule has 0 saturated heterocycles. The van der Waals surface area contributed by atoms with E-state index >= 15 is 0 Å². The van der Waals surface area contributed by atoms with E-state index in [-0.39, 0.29) is 0 Å². The number of fused-ring (bicyclic) bond motifs is 1. The quantitative estimate of drug-likeness (QED) is 0.670. The van der Waals surface area contributed by atoms with Crippen molar-refractivity contribution >= 4 is 28.6 Å². The van der Waals surface area contributed by atoms with Gasteiger partial charge in [0, 0.05) is 0 Å². The average molecular weight is 323 g/mol. The summed E-state index contributed by atoms with van der Waals surface area (Å²) in [6.07, 6.45) is 1.67. The van der Waals surface area contributed by atoms with Crippen molar-refractivity contribution in [2.24, 2.45) is 0 Å². The maximum atomic E-state index is 4.47. The number of hydrogen-bond donors (Lipinski definition) is 0. The van der Waals surface area contributed by atoms with Crippen LogP contribution in [0.4, 0.5) is 0 Å². The van der Waals surface area contributed by atoms with Crippen molar-refractivity contribution in [3.63, 3.8) is 0 Å². The van der Waals surface area contributed by atoms with Crippen LogP contribution in [0, 0.1) is 0 Å². The molecule has 0 aliphatic heterocycles. The van der Waals surface area contributed by atoms with Crippen LogP contribution in [0.5, 0.6) is 0 Å². The van der Waals surface area contributed by atoms with Gasteiger partial charge in [0.25, 0.3) is 0 Å². The minimum atomic E-state index is -1.81. The Morgan fingerprint density at radius 2 is 1.60 bits per heavy atom. The summed E-state index contributed by atoms with van der Waals surface area (Å²) >= 11 is -1.81. The van der Waals surface area contributed by atoms with Gasteiger partial charge in [-0.15, -0.1) is 0 Å². The van der Waals surface area contributed by atoms with Gasteiger partial charge in [-0.05, 0) is 0 Å². The molecule has 0 aliphatic carbocycles. The van der Waals surface area contributed by atoms with Gasteiger partial charge in [0.2, 0.25) is 0 Å². The summed E-state index contributed by atoms with van der Waals surface area (Å²) in [7, 11) is 0. The Hall–Kier alpha value is -1.68. The molecule has 2 aromatic carbocycles. The molecule has 0 fully saturated rings. The zero-order chi connectivity index (χ0) is 14.2. The molecule has 0 atom stereocenters. The molecule has 1 aromatic heterocycles. The molecule has 0 unspecified atom stereocenters. The number of benzene rings is 2. The van der Waals surface area contributed by atoms with Crippen LogP contribution < -0.4 is 4.40 Å². The number of hydrogen-bond acceptors (Lipinski definition) is 2. The fourth-order valence-corrected chi connectivity index (χ4v) is 4.77. The molecule has 3 heteroatoms. The molecule has 0 bridgehead atoms. The van der Waals surface area contributed by atoms with Crippen LogP contribution in [0.2, 0.25) is 17.3 Å². The van der Waals surface area contributed by atoms with E-state index in [0.29, 0.717) is 0 Å². The second-order valence-electron chi connectivity index (χ2n) is 6.07. The summed E-state index contributed by atoms with van der Waals surface area (Å²) in [4.78, 5) is 8.93. The van der Waals surface area contributed by atoms with Crippen LogP contribution in [-0.4, -0.2) is 23.2 Å². The van der Waals surface area contributed by atoms with Gasteiger partial charge in [-0.25, -0.2) is 0 Å². The average Bonchev–Trinajstić information content (AvgIpc) is 2.46. The molecular weight excluding hydrogens is 305 g/mol. The van der Waals surface area contributed by atoms with Gasteiger partial charge < -0.3 is 0 Å². The van der Waals surface area contributed by atoms with Gasteiger partial charge in [-0.3, -0.25) is 0 Å². The van der Waals surface area contributed by atoms with Crippen LogP contribution in [0.3, 0.4) is 0 Å². The predicted molar refractivity (Wildman–Crippen MR) is 88.0 cm³/mol. The van der Waals surface area contributed by atoms with Gasteiger partial charge in [0.05, 0.1) is 0 Å². The van der Waals surface area contributed by atoms with Crippen LogP contribution in [0.25, 0.3) is 22.2 Å². The molecular formula is C17H18GeN2. The van der Waals surface area contributed by atoms with Gasteiger partial charge in [-0.2, -0.15) is 0 Å². The van der Waals surface area contributed by atoms with E-state index in [4.69, 9.17) is 0 Å². The van der Waals surface area contributed by atoms with Crippen LogP contribution in [0.1, 0.15) is 0 Å². The summed E-state index contributed by atoms with van der Waals surface area (Å²) in [6, 6.07) is 17.0. The molecule has 0 aliphatic rings. The van der Waals surface area contributed by atoms with Crippen molar-refractivity contribution in [3.8, 4) is 11.3 Å². The van der Waals surface area contributed by atoms with Crippen molar-refractivity contribution in [1.29, 1.82) is 0 Å². The van der Waals surface area contributed by atoms with E-state index in [9.17, 15) is 0 Å². The number of rotatable bonds is 2. The minimum absolute atomic E-state index is 1.02. The Morgan fingerprint density at radius 3 is 2.30 bits per heavy atom. The van der Waals surface area contributed by atoms with E-state index in [1.807, 2.05) is 18.2 Å². The standard InChI is InChI=1S/C17H18GeN2/c1-18(2,3)14-9-10-15-16(11-14)19-12-20-17(15)13-7-5-4-6-8-13/h4-12H,1-3H3. The molecule has 0 amide bonds. The first-order chi connectivity index (χ1) is 9.55. The summed E-state index contributed by atoms with van der Waals surface area (Å²) in [5.41, 5.74) is 3.21. The van der Waals surface area contributed by atoms with Crippen LogP contribution >= 0.6 is 0 Å². The molecule has 100 valence electrons. The Kier molecular flexibility index (Phi) is 3.34. The van der Waals surface area contributed by atoms with Crippen molar-refractivity contribution in [2.75, 3.05) is 0 Å². The van der Waals surface area contributed by atoms with E-state index in [1.54, 1.807) is 6.33 Å². The molecule has 0 saturated carbocycles. The third-order valence-electron chi connectivity index (χ3n) is 3.55. The maximum absolute atomic E-state index is 4.47. The Labute approximate surface area is 122 Å². The summed E-state index contributed by atoms with van der Waals surface area (Å²) in [5, 5.41) is 1.13. The van der Waals surface area contributed by atoms with Gasteiger partial charge in [-0.1, -0.05) is 0 Å². The van der Waals surface area contributed by atoms with Crippen molar-refractivity contribution in [3.05, 3.63) is 54.9 Å². The Bertz CT molecular complexity index is 746. The molecule has 0 spiro atoms. The summed E-state index contributed by atoms with van der Waals surface area (Å²) in [6.45, 7) is 0. The summed E-state index contributed by atoms with van der Waals surface area (Å²) in [5.74, 6) is 7.21. The van der Waals surface area contributed by atoms with E-state index < -0.39 is 13.3 Å². The van der Waals surface area contributed by atoms with Crippen molar-refractivity contribution in [1.82, 2.24) is 9.97 Å². The van der Waals surface area contributed by atoms with Gasteiger partial charge >= 0.3 is 122 Å². The summed E-state index contributed by atoms with van der Waals surface area (Å²) < 4.78 is 1.48. The predicted octanol–water partition coefficient (Wildman–Crippen LogP) is 3.84. The fourth-order valence-electron chi connectivity index (χ4n) is 2.35. The SMILES string of the molecule is [CH3][Ge]([CH3])([CH3])[c]1ccc2c(-c3ccccc3)ncnc2c1.